The van der Waals surface area contributed by atoms with Gasteiger partial charge in [0.1, 0.15) is 5.82 Å². The molecule has 1 atom stereocenters. The summed E-state index contributed by atoms with van der Waals surface area (Å²) in [7, 11) is 0. The van der Waals surface area contributed by atoms with Crippen LogP contribution < -0.4 is 10.2 Å². The maximum Gasteiger partial charge on any atom is 0.224 e. The highest BCUT2D eigenvalue weighted by atomic mass is 35.5. The average molecular weight is 333 g/mol. The van der Waals surface area contributed by atoms with E-state index in [0.717, 1.165) is 42.8 Å². The summed E-state index contributed by atoms with van der Waals surface area (Å²) in [5, 5.41) is 5.08. The number of nitrogens with zero attached hydrogens (tertiary/aromatic N) is 3. The summed E-state index contributed by atoms with van der Waals surface area (Å²) in [4.78, 5) is 11.2. The fourth-order valence-corrected chi connectivity index (χ4v) is 3.18. The third-order valence-corrected chi connectivity index (χ3v) is 4.38. The predicted octanol–water partition coefficient (Wildman–Crippen LogP) is 3.81. The van der Waals surface area contributed by atoms with Crippen LogP contribution in [0.15, 0.2) is 18.2 Å². The van der Waals surface area contributed by atoms with Crippen LogP contribution in [0.5, 0.6) is 0 Å². The van der Waals surface area contributed by atoms with Crippen molar-refractivity contribution in [2.24, 2.45) is 5.41 Å². The lowest BCUT2D eigenvalue weighted by Gasteiger charge is -2.23. The Hall–Kier alpha value is -1.39. The fraction of sp³-hybridized carbons (Fsp3) is 0.556. The first kappa shape index (κ1) is 16.5. The molecule has 1 aromatic heterocycles. The number of fused-ring (bicyclic) bond motifs is 1. The van der Waals surface area contributed by atoms with E-state index in [0.29, 0.717) is 16.7 Å². The summed E-state index contributed by atoms with van der Waals surface area (Å²) >= 11 is 6.15. The molecule has 0 aliphatic carbocycles. The molecule has 0 saturated carbocycles. The highest BCUT2D eigenvalue weighted by Crippen LogP contribution is 2.29. The van der Waals surface area contributed by atoms with E-state index in [9.17, 15) is 0 Å². The maximum absolute atomic E-state index is 6.15. The first-order valence-electron chi connectivity index (χ1n) is 8.24. The minimum atomic E-state index is 0.301. The van der Waals surface area contributed by atoms with Crippen molar-refractivity contribution >= 4 is 28.3 Å². The molecule has 1 aliphatic heterocycles. The Balaban J connectivity index is 1.81. The Bertz CT molecular complexity index is 703. The highest BCUT2D eigenvalue weighted by molar-refractivity contribution is 6.28. The minimum absolute atomic E-state index is 0.301. The maximum atomic E-state index is 6.15. The Morgan fingerprint density at radius 3 is 2.83 bits per heavy atom. The molecule has 0 spiro atoms. The van der Waals surface area contributed by atoms with Gasteiger partial charge in [0.15, 0.2) is 0 Å². The summed E-state index contributed by atoms with van der Waals surface area (Å²) in [6, 6.07) is 6.78. The molecule has 1 N–H and O–H groups in total. The van der Waals surface area contributed by atoms with Crippen LogP contribution in [0.25, 0.3) is 10.9 Å². The second kappa shape index (κ2) is 6.25. The number of halogens is 1. The van der Waals surface area contributed by atoms with E-state index in [4.69, 9.17) is 11.6 Å². The zero-order valence-corrected chi connectivity index (χ0v) is 15.1. The summed E-state index contributed by atoms with van der Waals surface area (Å²) in [5.74, 6) is 0.958. The van der Waals surface area contributed by atoms with E-state index < -0.39 is 0 Å². The highest BCUT2D eigenvalue weighted by Gasteiger charge is 2.26. The minimum Gasteiger partial charge on any atom is -0.354 e. The quantitative estimate of drug-likeness (QED) is 0.868. The topological polar surface area (TPSA) is 41.0 Å². The molecular weight excluding hydrogens is 308 g/mol. The molecule has 0 amide bonds. The van der Waals surface area contributed by atoms with Gasteiger partial charge < -0.3 is 10.2 Å². The molecule has 0 bridgehead atoms. The molecular formula is C18H25ClN4. The lowest BCUT2D eigenvalue weighted by Crippen LogP contribution is -2.37. The van der Waals surface area contributed by atoms with E-state index in [2.05, 4.69) is 66.1 Å². The average Bonchev–Trinajstić information content (AvgIpc) is 2.91. The number of aryl methyl sites for hydroxylation is 1. The number of benzene rings is 1. The molecule has 1 fully saturated rings. The van der Waals surface area contributed by atoms with Crippen LogP contribution in [0.4, 0.5) is 5.82 Å². The number of aromatic nitrogens is 2. The van der Waals surface area contributed by atoms with Crippen molar-refractivity contribution in [1.29, 1.82) is 0 Å². The monoisotopic (exact) mass is 332 g/mol. The summed E-state index contributed by atoms with van der Waals surface area (Å²) in [6.45, 7) is 11.8. The van der Waals surface area contributed by atoms with Crippen LogP contribution in [-0.4, -0.2) is 35.6 Å². The van der Waals surface area contributed by atoms with Crippen molar-refractivity contribution in [3.63, 3.8) is 0 Å². The van der Waals surface area contributed by atoms with Crippen LogP contribution in [-0.2, 0) is 0 Å². The number of hydrogen-bond acceptors (Lipinski definition) is 4. The predicted molar refractivity (Wildman–Crippen MR) is 97.4 cm³/mol. The first-order valence-corrected chi connectivity index (χ1v) is 8.62. The molecule has 0 unspecified atom stereocenters. The van der Waals surface area contributed by atoms with Gasteiger partial charge in [-0.1, -0.05) is 26.8 Å². The van der Waals surface area contributed by atoms with Gasteiger partial charge in [-0.25, -0.2) is 4.98 Å². The van der Waals surface area contributed by atoms with Crippen molar-refractivity contribution in [2.45, 2.75) is 40.2 Å². The largest absolute Gasteiger partial charge is 0.354 e. The van der Waals surface area contributed by atoms with E-state index in [-0.39, 0.29) is 0 Å². The summed E-state index contributed by atoms with van der Waals surface area (Å²) in [6.07, 6.45) is 1.13. The van der Waals surface area contributed by atoms with Gasteiger partial charge in [-0.2, -0.15) is 4.98 Å². The number of nitrogens with one attached hydrogen (secondary N) is 1. The van der Waals surface area contributed by atoms with Crippen LogP contribution in [0.3, 0.4) is 0 Å². The third-order valence-electron chi connectivity index (χ3n) is 4.21. The van der Waals surface area contributed by atoms with Crippen molar-refractivity contribution in [2.75, 3.05) is 24.5 Å². The van der Waals surface area contributed by atoms with Gasteiger partial charge in [0, 0.05) is 31.1 Å². The molecule has 124 valence electrons. The molecule has 23 heavy (non-hydrogen) atoms. The summed E-state index contributed by atoms with van der Waals surface area (Å²) < 4.78 is 0. The van der Waals surface area contributed by atoms with Gasteiger partial charge >= 0.3 is 0 Å². The van der Waals surface area contributed by atoms with E-state index >= 15 is 0 Å². The molecule has 1 saturated heterocycles. The standard InChI is InChI=1S/C18H25ClN4/c1-12-5-6-14-15(9-12)21-17(19)22-16(14)23-8-7-13(10-23)20-11-18(2,3)4/h5-6,9,13,20H,7-8,10-11H2,1-4H3/t13-/m1/s1. The Kier molecular flexibility index (Phi) is 4.47. The molecule has 5 heteroatoms. The molecule has 0 radical (unpaired) electrons. The van der Waals surface area contributed by atoms with Gasteiger partial charge in [-0.3, -0.25) is 0 Å². The second-order valence-corrected chi connectivity index (χ2v) is 8.05. The normalized spacial score (nSPS) is 18.8. The van der Waals surface area contributed by atoms with E-state index in [1.165, 1.54) is 5.56 Å². The molecule has 1 aromatic carbocycles. The van der Waals surface area contributed by atoms with Crippen molar-refractivity contribution in [1.82, 2.24) is 15.3 Å². The van der Waals surface area contributed by atoms with Crippen molar-refractivity contribution in [3.05, 3.63) is 29.0 Å². The molecule has 2 heterocycles. The van der Waals surface area contributed by atoms with E-state index in [1.807, 2.05) is 0 Å². The van der Waals surface area contributed by atoms with Crippen LogP contribution in [0.2, 0.25) is 5.28 Å². The van der Waals surface area contributed by atoms with Gasteiger partial charge in [-0.05, 0) is 48.1 Å². The van der Waals surface area contributed by atoms with Gasteiger partial charge in [0.2, 0.25) is 5.28 Å². The van der Waals surface area contributed by atoms with Crippen molar-refractivity contribution in [3.8, 4) is 0 Å². The van der Waals surface area contributed by atoms with Crippen LogP contribution in [0.1, 0.15) is 32.8 Å². The molecule has 1 aliphatic rings. The first-order chi connectivity index (χ1) is 10.8. The SMILES string of the molecule is Cc1ccc2c(N3CC[C@@H](NCC(C)(C)C)C3)nc(Cl)nc2c1. The number of hydrogen-bond donors (Lipinski definition) is 1. The molecule has 4 nitrogen and oxygen atoms in total. The molecule has 2 aromatic rings. The van der Waals surface area contributed by atoms with Gasteiger partial charge in [0.05, 0.1) is 5.52 Å². The van der Waals surface area contributed by atoms with Crippen LogP contribution in [0, 0.1) is 12.3 Å². The van der Waals surface area contributed by atoms with Gasteiger partial charge in [-0.15, -0.1) is 0 Å². The van der Waals surface area contributed by atoms with Gasteiger partial charge in [0.25, 0.3) is 0 Å². The Labute approximate surface area is 143 Å². The number of rotatable bonds is 3. The molecule has 3 rings (SSSR count). The zero-order valence-electron chi connectivity index (χ0n) is 14.4. The Morgan fingerprint density at radius 2 is 2.09 bits per heavy atom. The summed E-state index contributed by atoms with van der Waals surface area (Å²) in [5.41, 5.74) is 2.41. The second-order valence-electron chi connectivity index (χ2n) is 7.71. The fourth-order valence-electron chi connectivity index (χ4n) is 3.01. The third kappa shape index (κ3) is 3.93. The Morgan fingerprint density at radius 1 is 1.30 bits per heavy atom. The van der Waals surface area contributed by atoms with Crippen molar-refractivity contribution < 1.29 is 0 Å². The lowest BCUT2D eigenvalue weighted by molar-refractivity contribution is 0.357. The lowest BCUT2D eigenvalue weighted by atomic mass is 9.96. The van der Waals surface area contributed by atoms with E-state index in [1.54, 1.807) is 0 Å². The van der Waals surface area contributed by atoms with Crippen LogP contribution >= 0.6 is 11.6 Å². The smallest absolute Gasteiger partial charge is 0.224 e. The zero-order chi connectivity index (χ0) is 16.6. The number of anilines is 1.